The fourth-order valence-electron chi connectivity index (χ4n) is 1.98. The first-order valence-corrected chi connectivity index (χ1v) is 9.46. The molecule has 0 aliphatic heterocycles. The van der Waals surface area contributed by atoms with Gasteiger partial charge in [0.2, 0.25) is 0 Å². The maximum atomic E-state index is 11.9. The highest BCUT2D eigenvalue weighted by Crippen LogP contribution is 2.30. The third kappa shape index (κ3) is 4.46. The second kappa shape index (κ2) is 8.33. The number of nitrogens with one attached hydrogen (secondary N) is 2. The van der Waals surface area contributed by atoms with Crippen LogP contribution < -0.4 is 10.6 Å². The molecule has 2 N–H and O–H groups in total. The minimum atomic E-state index is -0.365. The Labute approximate surface area is 149 Å². The van der Waals surface area contributed by atoms with Gasteiger partial charge in [0.05, 0.1) is 18.4 Å². The monoisotopic (exact) mass is 366 g/mol. The van der Waals surface area contributed by atoms with Crippen LogP contribution in [0.25, 0.3) is 0 Å². The van der Waals surface area contributed by atoms with E-state index in [1.54, 1.807) is 11.8 Å². The lowest BCUT2D eigenvalue weighted by Gasteiger charge is -2.12. The largest absolute Gasteiger partial charge is 0.465 e. The van der Waals surface area contributed by atoms with Gasteiger partial charge in [-0.05, 0) is 43.1 Å². The molecule has 0 spiro atoms. The van der Waals surface area contributed by atoms with E-state index in [4.69, 9.17) is 17.0 Å². The van der Waals surface area contributed by atoms with Gasteiger partial charge in [0.15, 0.2) is 5.11 Å². The summed E-state index contributed by atoms with van der Waals surface area (Å²) in [7, 11) is 1.38. The smallest absolute Gasteiger partial charge is 0.340 e. The molecule has 0 unspecified atom stereocenters. The molecule has 1 heterocycles. The molecule has 0 saturated carbocycles. The van der Waals surface area contributed by atoms with Crippen LogP contribution in [0, 0.1) is 0 Å². The summed E-state index contributed by atoms with van der Waals surface area (Å²) in [6.07, 6.45) is 2.87. The maximum absolute atomic E-state index is 11.9. The Hall–Kier alpha value is -1.57. The van der Waals surface area contributed by atoms with Gasteiger partial charge in [-0.3, -0.25) is 0 Å². The number of ether oxygens (including phenoxy) is 1. The number of rotatable bonds is 5. The van der Waals surface area contributed by atoms with Crippen LogP contribution in [0.5, 0.6) is 0 Å². The van der Waals surface area contributed by atoms with Crippen molar-refractivity contribution in [2.45, 2.75) is 18.2 Å². The van der Waals surface area contributed by atoms with Gasteiger partial charge in [-0.15, -0.1) is 23.1 Å². The predicted molar refractivity (Wildman–Crippen MR) is 103 cm³/mol. The quantitative estimate of drug-likeness (QED) is 0.457. The van der Waals surface area contributed by atoms with Gasteiger partial charge >= 0.3 is 5.97 Å². The summed E-state index contributed by atoms with van der Waals surface area (Å²) in [5.74, 6) is -0.365. The van der Waals surface area contributed by atoms with Crippen LogP contribution >= 0.6 is 35.3 Å². The number of hydrogen-bond acceptors (Lipinski definition) is 5. The van der Waals surface area contributed by atoms with E-state index in [-0.39, 0.29) is 5.97 Å². The average Bonchev–Trinajstić information content (AvgIpc) is 2.97. The fraction of sp³-hybridized carbons (Fsp3) is 0.250. The number of hydrogen-bond donors (Lipinski definition) is 2. The Morgan fingerprint density at radius 3 is 2.74 bits per heavy atom. The zero-order valence-electron chi connectivity index (χ0n) is 13.1. The van der Waals surface area contributed by atoms with Crippen LogP contribution in [0.15, 0.2) is 35.2 Å². The Morgan fingerprint density at radius 2 is 2.09 bits per heavy atom. The minimum absolute atomic E-state index is 0.365. The molecule has 0 amide bonds. The number of anilines is 2. The van der Waals surface area contributed by atoms with Crippen LogP contribution in [0.1, 0.15) is 22.2 Å². The number of thioether (sulfide) groups is 1. The SMILES string of the molecule is CCc1cc(C(=O)OC)c(NC(=S)Nc2ccccc2SC)s1. The third-order valence-corrected chi connectivity index (χ3v) is 5.31. The number of thiophene rings is 1. The second-order valence-corrected chi connectivity index (χ2v) is 6.97. The van der Waals surface area contributed by atoms with Crippen LogP contribution in [-0.2, 0) is 11.2 Å². The molecule has 23 heavy (non-hydrogen) atoms. The molecule has 0 fully saturated rings. The van der Waals surface area contributed by atoms with E-state index in [1.807, 2.05) is 43.5 Å². The lowest BCUT2D eigenvalue weighted by atomic mass is 10.2. The molecule has 0 radical (unpaired) electrons. The van der Waals surface area contributed by atoms with Crippen molar-refractivity contribution in [2.75, 3.05) is 24.0 Å². The van der Waals surface area contributed by atoms with Crippen LogP contribution in [0.3, 0.4) is 0 Å². The van der Waals surface area contributed by atoms with Crippen molar-refractivity contribution in [2.24, 2.45) is 0 Å². The van der Waals surface area contributed by atoms with E-state index < -0.39 is 0 Å². The van der Waals surface area contributed by atoms with E-state index >= 15 is 0 Å². The molecule has 1 aromatic carbocycles. The number of carbonyl (C=O) groups excluding carboxylic acids is 1. The number of aryl methyl sites for hydroxylation is 1. The highest BCUT2D eigenvalue weighted by atomic mass is 32.2. The summed E-state index contributed by atoms with van der Waals surface area (Å²) >= 11 is 8.53. The summed E-state index contributed by atoms with van der Waals surface area (Å²) in [4.78, 5) is 14.1. The lowest BCUT2D eigenvalue weighted by Crippen LogP contribution is -2.20. The molecule has 2 aromatic rings. The number of benzene rings is 1. The van der Waals surface area contributed by atoms with Gasteiger partial charge in [0, 0.05) is 9.77 Å². The second-order valence-electron chi connectivity index (χ2n) is 4.58. The molecule has 0 bridgehead atoms. The molecule has 7 heteroatoms. The first-order chi connectivity index (χ1) is 11.1. The van der Waals surface area contributed by atoms with E-state index in [2.05, 4.69) is 10.6 Å². The van der Waals surface area contributed by atoms with Crippen molar-refractivity contribution in [1.29, 1.82) is 0 Å². The average molecular weight is 367 g/mol. The summed E-state index contributed by atoms with van der Waals surface area (Å²) in [5.41, 5.74) is 1.45. The number of methoxy groups -OCH3 is 1. The van der Waals surface area contributed by atoms with Gasteiger partial charge < -0.3 is 15.4 Å². The van der Waals surface area contributed by atoms with E-state index in [9.17, 15) is 4.79 Å². The Balaban J connectivity index is 2.17. The summed E-state index contributed by atoms with van der Waals surface area (Å²) in [5, 5.41) is 7.43. The minimum Gasteiger partial charge on any atom is -0.465 e. The van der Waals surface area contributed by atoms with Crippen molar-refractivity contribution in [1.82, 2.24) is 0 Å². The summed E-state index contributed by atoms with van der Waals surface area (Å²) in [6, 6.07) is 9.76. The molecule has 0 saturated heterocycles. The molecule has 122 valence electrons. The van der Waals surface area contributed by atoms with Gasteiger partial charge in [-0.25, -0.2) is 4.79 Å². The van der Waals surface area contributed by atoms with Gasteiger partial charge in [-0.2, -0.15) is 0 Å². The standard InChI is InChI=1S/C16H18N2O2S3/c1-4-10-9-11(15(19)20-2)14(23-10)18-16(21)17-12-7-5-6-8-13(12)22-3/h5-9H,4H2,1-3H3,(H2,17,18,21). The first-order valence-electron chi connectivity index (χ1n) is 7.01. The van der Waals surface area contributed by atoms with E-state index in [0.717, 1.165) is 21.9 Å². The highest BCUT2D eigenvalue weighted by Gasteiger charge is 2.17. The molecule has 4 nitrogen and oxygen atoms in total. The van der Waals surface area contributed by atoms with Crippen LogP contribution in [0.2, 0.25) is 0 Å². The highest BCUT2D eigenvalue weighted by molar-refractivity contribution is 7.98. The topological polar surface area (TPSA) is 50.4 Å². The normalized spacial score (nSPS) is 10.2. The van der Waals surface area contributed by atoms with Crippen molar-refractivity contribution in [3.63, 3.8) is 0 Å². The first kappa shape index (κ1) is 17.8. The molecule has 1 aromatic heterocycles. The number of carbonyl (C=O) groups is 1. The number of para-hydroxylation sites is 1. The number of esters is 1. The van der Waals surface area contributed by atoms with Crippen molar-refractivity contribution < 1.29 is 9.53 Å². The fourth-order valence-corrected chi connectivity index (χ4v) is 3.79. The van der Waals surface area contributed by atoms with Crippen molar-refractivity contribution in [3.05, 3.63) is 40.8 Å². The molecule has 0 aliphatic carbocycles. The van der Waals surface area contributed by atoms with Gasteiger partial charge in [-0.1, -0.05) is 19.1 Å². The molecule has 0 atom stereocenters. The zero-order chi connectivity index (χ0) is 16.8. The summed E-state index contributed by atoms with van der Waals surface area (Å²) < 4.78 is 4.83. The zero-order valence-corrected chi connectivity index (χ0v) is 15.6. The van der Waals surface area contributed by atoms with Crippen molar-refractivity contribution in [3.8, 4) is 0 Å². The predicted octanol–water partition coefficient (Wildman–Crippen LogP) is 4.63. The molecular formula is C16H18N2O2S3. The molecular weight excluding hydrogens is 348 g/mol. The number of thiocarbonyl (C=S) groups is 1. The molecule has 0 aliphatic rings. The van der Waals surface area contributed by atoms with Crippen LogP contribution in [-0.4, -0.2) is 24.4 Å². The molecule has 2 rings (SSSR count). The van der Waals surface area contributed by atoms with E-state index in [1.165, 1.54) is 18.4 Å². The van der Waals surface area contributed by atoms with E-state index in [0.29, 0.717) is 15.7 Å². The van der Waals surface area contributed by atoms with Gasteiger partial charge in [0.25, 0.3) is 0 Å². The summed E-state index contributed by atoms with van der Waals surface area (Å²) in [6.45, 7) is 2.04. The van der Waals surface area contributed by atoms with Crippen LogP contribution in [0.4, 0.5) is 10.7 Å². The van der Waals surface area contributed by atoms with Crippen molar-refractivity contribution >= 4 is 57.1 Å². The maximum Gasteiger partial charge on any atom is 0.340 e. The Bertz CT molecular complexity index is 713. The lowest BCUT2D eigenvalue weighted by molar-refractivity contribution is 0.0602. The van der Waals surface area contributed by atoms with Gasteiger partial charge in [0.1, 0.15) is 5.00 Å². The third-order valence-electron chi connectivity index (χ3n) is 3.12. The Morgan fingerprint density at radius 1 is 1.35 bits per heavy atom. The Kier molecular flexibility index (Phi) is 6.44.